The maximum Gasteiger partial charge on any atom is 0.397 e. The minimum absolute atomic E-state index is 0.0334. The van der Waals surface area contributed by atoms with Crippen molar-refractivity contribution in [2.75, 3.05) is 13.2 Å². The van der Waals surface area contributed by atoms with Gasteiger partial charge >= 0.3 is 31.1 Å². The summed E-state index contributed by atoms with van der Waals surface area (Å²) in [5, 5.41) is 0. The lowest BCUT2D eigenvalue weighted by Crippen LogP contribution is -2.59. The smallest absolute Gasteiger partial charge is 0.373 e. The quantitative estimate of drug-likeness (QED) is 0.229. The topological polar surface area (TPSA) is 220 Å². The minimum atomic E-state index is -5.16. The Morgan fingerprint density at radius 3 is 2.08 bits per heavy atom. The van der Waals surface area contributed by atoms with E-state index in [1.807, 2.05) is 0 Å². The number of carbonyl (C=O) groups excluding carboxylic acids is 1. The Balaban J connectivity index is 3.07. The SMILES string of the molecule is O=C[C@@H]1C(COS(=O)(=O)O)OCC(NS(=O)(=O)O)[C@H]1OS(=O)(=O)O. The second-order valence-corrected chi connectivity index (χ2v) is 7.81. The molecule has 1 saturated heterocycles. The number of ether oxygens (including phenoxy) is 1. The van der Waals surface area contributed by atoms with E-state index in [2.05, 4.69) is 8.37 Å². The number of nitrogens with one attached hydrogen (secondary N) is 1. The highest BCUT2D eigenvalue weighted by molar-refractivity contribution is 7.83. The van der Waals surface area contributed by atoms with Gasteiger partial charge in [-0.2, -0.15) is 30.0 Å². The molecule has 1 aliphatic rings. The van der Waals surface area contributed by atoms with Crippen LogP contribution in [-0.2, 0) is 49.0 Å². The molecule has 1 aliphatic heterocycles. The molecule has 142 valence electrons. The second kappa shape index (κ2) is 7.64. The van der Waals surface area contributed by atoms with E-state index in [0.29, 0.717) is 0 Å². The Morgan fingerprint density at radius 1 is 1.08 bits per heavy atom. The van der Waals surface area contributed by atoms with E-state index < -0.39 is 68.5 Å². The van der Waals surface area contributed by atoms with E-state index in [-0.39, 0.29) is 6.29 Å². The maximum atomic E-state index is 11.2. The fourth-order valence-corrected chi connectivity index (χ4v) is 3.39. The van der Waals surface area contributed by atoms with E-state index in [1.54, 1.807) is 0 Å². The van der Waals surface area contributed by atoms with Crippen LogP contribution in [0, 0.1) is 5.92 Å². The predicted molar refractivity (Wildman–Crippen MR) is 71.7 cm³/mol. The van der Waals surface area contributed by atoms with Crippen LogP contribution in [0.5, 0.6) is 0 Å². The average Bonchev–Trinajstić information content (AvgIpc) is 2.34. The van der Waals surface area contributed by atoms with Crippen molar-refractivity contribution in [1.82, 2.24) is 4.72 Å². The van der Waals surface area contributed by atoms with Gasteiger partial charge in [-0.15, -0.1) is 0 Å². The Hall–Kier alpha value is -0.760. The first-order valence-corrected chi connectivity index (χ1v) is 9.98. The molecule has 1 fully saturated rings. The van der Waals surface area contributed by atoms with Crippen LogP contribution in [0.25, 0.3) is 0 Å². The normalized spacial score (nSPS) is 29.3. The van der Waals surface area contributed by atoms with Crippen LogP contribution in [-0.4, -0.2) is 76.7 Å². The van der Waals surface area contributed by atoms with Gasteiger partial charge in [-0.05, 0) is 0 Å². The summed E-state index contributed by atoms with van der Waals surface area (Å²) in [5.41, 5.74) is 0. The van der Waals surface area contributed by atoms with Crippen LogP contribution in [0.1, 0.15) is 0 Å². The van der Waals surface area contributed by atoms with Gasteiger partial charge in [0.15, 0.2) is 0 Å². The van der Waals surface area contributed by atoms with Crippen molar-refractivity contribution in [3.05, 3.63) is 0 Å². The highest BCUT2D eigenvalue weighted by Crippen LogP contribution is 2.25. The van der Waals surface area contributed by atoms with Gasteiger partial charge in [0, 0.05) is 0 Å². The Kier molecular flexibility index (Phi) is 6.77. The minimum Gasteiger partial charge on any atom is -0.373 e. The lowest BCUT2D eigenvalue weighted by molar-refractivity contribution is -0.138. The number of rotatable bonds is 8. The van der Waals surface area contributed by atoms with Gasteiger partial charge in [-0.25, -0.2) is 8.37 Å². The number of hydrogen-bond donors (Lipinski definition) is 4. The molecule has 1 heterocycles. The molecule has 24 heavy (non-hydrogen) atoms. The van der Waals surface area contributed by atoms with Crippen molar-refractivity contribution >= 4 is 37.4 Å². The van der Waals surface area contributed by atoms with Gasteiger partial charge in [0.2, 0.25) is 0 Å². The zero-order chi connectivity index (χ0) is 18.8. The molecule has 0 saturated carbocycles. The molecular weight excluding hydrogens is 402 g/mol. The molecule has 4 atom stereocenters. The molecule has 1 rings (SSSR count). The Bertz CT molecular complexity index is 755. The summed E-state index contributed by atoms with van der Waals surface area (Å²) < 4.78 is 105. The standard InChI is InChI=1S/C7H13NO13S3/c9-1-4-6(3-20-23(13,14)15)19-2-5(8-22(10,11)12)7(4)21-24(16,17)18/h1,4-8H,2-3H2,(H,10,11,12)(H,13,14,15)(H,16,17,18)/t4-,5?,6?,7+/m1/s1. The lowest BCUT2D eigenvalue weighted by atomic mass is 9.90. The summed E-state index contributed by atoms with van der Waals surface area (Å²) >= 11 is 0. The largest absolute Gasteiger partial charge is 0.397 e. The van der Waals surface area contributed by atoms with Crippen molar-refractivity contribution in [2.45, 2.75) is 18.2 Å². The molecule has 0 amide bonds. The predicted octanol–water partition coefficient (Wildman–Crippen LogP) is -3.03. The first-order valence-electron chi connectivity index (χ1n) is 5.81. The molecule has 0 aromatic carbocycles. The zero-order valence-electron chi connectivity index (χ0n) is 11.4. The molecule has 0 aliphatic carbocycles. The van der Waals surface area contributed by atoms with Gasteiger partial charge < -0.3 is 9.53 Å². The van der Waals surface area contributed by atoms with Crippen LogP contribution >= 0.6 is 0 Å². The van der Waals surface area contributed by atoms with Gasteiger partial charge in [0.1, 0.15) is 12.4 Å². The van der Waals surface area contributed by atoms with Crippen molar-refractivity contribution in [3.8, 4) is 0 Å². The van der Waals surface area contributed by atoms with E-state index in [0.717, 1.165) is 0 Å². The monoisotopic (exact) mass is 415 g/mol. The van der Waals surface area contributed by atoms with E-state index in [9.17, 15) is 30.0 Å². The third-order valence-electron chi connectivity index (χ3n) is 2.77. The fourth-order valence-electron chi connectivity index (χ4n) is 1.95. The molecule has 0 aromatic heterocycles. The molecular formula is C7H13NO13S3. The Labute approximate surface area is 136 Å². The molecule has 14 nitrogen and oxygen atoms in total. The van der Waals surface area contributed by atoms with Crippen molar-refractivity contribution in [1.29, 1.82) is 0 Å². The number of aldehydes is 1. The molecule has 0 radical (unpaired) electrons. The molecule has 17 heteroatoms. The summed E-state index contributed by atoms with van der Waals surface area (Å²) in [6.07, 6.45) is -3.34. The highest BCUT2D eigenvalue weighted by atomic mass is 32.3. The molecule has 4 N–H and O–H groups in total. The first-order chi connectivity index (χ1) is 10.7. The molecule has 0 spiro atoms. The fraction of sp³-hybridized carbons (Fsp3) is 0.857. The van der Waals surface area contributed by atoms with Gasteiger partial charge in [-0.3, -0.25) is 13.7 Å². The Morgan fingerprint density at radius 2 is 1.67 bits per heavy atom. The zero-order valence-corrected chi connectivity index (χ0v) is 13.9. The summed E-state index contributed by atoms with van der Waals surface area (Å²) in [4.78, 5) is 11.2. The third-order valence-corrected chi connectivity index (χ3v) is 4.27. The second-order valence-electron chi connectivity index (χ2n) is 4.49. The maximum absolute atomic E-state index is 11.2. The van der Waals surface area contributed by atoms with Crippen LogP contribution in [0.4, 0.5) is 0 Å². The highest BCUT2D eigenvalue weighted by Gasteiger charge is 2.45. The van der Waals surface area contributed by atoms with Crippen molar-refractivity contribution in [2.24, 2.45) is 5.92 Å². The van der Waals surface area contributed by atoms with Crippen LogP contribution in [0.15, 0.2) is 0 Å². The third kappa shape index (κ3) is 7.42. The summed E-state index contributed by atoms with van der Waals surface area (Å²) in [6.45, 7) is -1.63. The number of carbonyl (C=O) groups is 1. The van der Waals surface area contributed by atoms with E-state index >= 15 is 0 Å². The van der Waals surface area contributed by atoms with Gasteiger partial charge in [0.05, 0.1) is 31.3 Å². The van der Waals surface area contributed by atoms with Crippen LogP contribution < -0.4 is 4.72 Å². The summed E-state index contributed by atoms with van der Waals surface area (Å²) in [6, 6.07) is -1.63. The molecule has 0 aromatic rings. The van der Waals surface area contributed by atoms with Crippen molar-refractivity contribution < 1.29 is 56.8 Å². The van der Waals surface area contributed by atoms with Gasteiger partial charge in [-0.1, -0.05) is 0 Å². The lowest BCUT2D eigenvalue weighted by Gasteiger charge is -2.38. The van der Waals surface area contributed by atoms with E-state index in [1.165, 1.54) is 4.72 Å². The summed E-state index contributed by atoms with van der Waals surface area (Å²) in [5.74, 6) is -1.65. The van der Waals surface area contributed by atoms with Crippen molar-refractivity contribution in [3.63, 3.8) is 0 Å². The average molecular weight is 415 g/mol. The number of hydrogen-bond acceptors (Lipinski definition) is 10. The van der Waals surface area contributed by atoms with Gasteiger partial charge in [0.25, 0.3) is 0 Å². The molecule has 2 unspecified atom stereocenters. The first kappa shape index (κ1) is 21.3. The van der Waals surface area contributed by atoms with E-state index in [4.69, 9.17) is 18.4 Å². The summed E-state index contributed by atoms with van der Waals surface area (Å²) in [7, 11) is -14.9. The van der Waals surface area contributed by atoms with Crippen LogP contribution in [0.3, 0.4) is 0 Å². The van der Waals surface area contributed by atoms with Crippen LogP contribution in [0.2, 0.25) is 0 Å². The molecule has 0 bridgehead atoms.